The van der Waals surface area contributed by atoms with Gasteiger partial charge in [0.05, 0.1) is 0 Å². The summed E-state index contributed by atoms with van der Waals surface area (Å²) in [4.78, 5) is 2.47. The van der Waals surface area contributed by atoms with Gasteiger partial charge in [-0.05, 0) is 24.3 Å². The topological polar surface area (TPSA) is 29.3 Å². The second-order valence-electron chi connectivity index (χ2n) is 5.47. The van der Waals surface area contributed by atoms with Gasteiger partial charge in [0, 0.05) is 30.2 Å². The SMILES string of the molecule is CCC(C)C(CN)N(CC)c1cccc2ccccc12. The van der Waals surface area contributed by atoms with Crippen LogP contribution >= 0.6 is 0 Å². The molecule has 0 saturated heterocycles. The Labute approximate surface area is 122 Å². The van der Waals surface area contributed by atoms with Crippen molar-refractivity contribution in [2.45, 2.75) is 33.2 Å². The van der Waals surface area contributed by atoms with Crippen LogP contribution in [-0.4, -0.2) is 19.1 Å². The average Bonchev–Trinajstić information content (AvgIpc) is 2.51. The van der Waals surface area contributed by atoms with Crippen molar-refractivity contribution in [1.29, 1.82) is 0 Å². The molecule has 2 atom stereocenters. The third kappa shape index (κ3) is 2.80. The van der Waals surface area contributed by atoms with Gasteiger partial charge in [-0.15, -0.1) is 0 Å². The maximum Gasteiger partial charge on any atom is 0.0448 e. The molecule has 2 rings (SSSR count). The van der Waals surface area contributed by atoms with Gasteiger partial charge in [-0.1, -0.05) is 56.7 Å². The Morgan fingerprint density at radius 1 is 1.05 bits per heavy atom. The minimum Gasteiger partial charge on any atom is -0.367 e. The Bertz CT molecular complexity index is 545. The summed E-state index contributed by atoms with van der Waals surface area (Å²) < 4.78 is 0. The van der Waals surface area contributed by atoms with E-state index in [0.29, 0.717) is 18.5 Å². The molecule has 0 aliphatic carbocycles. The van der Waals surface area contributed by atoms with Gasteiger partial charge in [-0.3, -0.25) is 0 Å². The number of nitrogens with two attached hydrogens (primary N) is 1. The van der Waals surface area contributed by atoms with Crippen LogP contribution < -0.4 is 10.6 Å². The lowest BCUT2D eigenvalue weighted by atomic mass is 9.96. The fourth-order valence-electron chi connectivity index (χ4n) is 2.98. The van der Waals surface area contributed by atoms with Crippen molar-refractivity contribution in [2.24, 2.45) is 11.7 Å². The second kappa shape index (κ2) is 6.76. The van der Waals surface area contributed by atoms with Crippen molar-refractivity contribution in [3.63, 3.8) is 0 Å². The normalized spacial score (nSPS) is 14.2. The predicted molar refractivity (Wildman–Crippen MR) is 89.3 cm³/mol. The Kier molecular flexibility index (Phi) is 5.02. The van der Waals surface area contributed by atoms with Gasteiger partial charge in [-0.25, -0.2) is 0 Å². The standard InChI is InChI=1S/C18H26N2/c1-4-14(3)18(13-19)20(5-2)17-12-8-10-15-9-6-7-11-16(15)17/h6-12,14,18H,4-5,13,19H2,1-3H3. The minimum absolute atomic E-state index is 0.399. The number of rotatable bonds is 6. The maximum absolute atomic E-state index is 6.07. The van der Waals surface area contributed by atoms with Gasteiger partial charge in [0.15, 0.2) is 0 Å². The zero-order chi connectivity index (χ0) is 14.5. The van der Waals surface area contributed by atoms with Gasteiger partial charge in [0.2, 0.25) is 0 Å². The molecule has 0 heterocycles. The molecule has 20 heavy (non-hydrogen) atoms. The van der Waals surface area contributed by atoms with Gasteiger partial charge < -0.3 is 10.6 Å². The molecule has 2 N–H and O–H groups in total. The average molecular weight is 270 g/mol. The molecule has 2 unspecified atom stereocenters. The highest BCUT2D eigenvalue weighted by Gasteiger charge is 2.22. The first kappa shape index (κ1) is 14.9. The summed E-state index contributed by atoms with van der Waals surface area (Å²) in [6.45, 7) is 8.44. The van der Waals surface area contributed by atoms with E-state index in [1.807, 2.05) is 0 Å². The molecule has 2 heteroatoms. The molecule has 0 aliphatic heterocycles. The molecular formula is C18H26N2. The van der Waals surface area contributed by atoms with E-state index in [9.17, 15) is 0 Å². The molecular weight excluding hydrogens is 244 g/mol. The molecule has 2 aromatic rings. The van der Waals surface area contributed by atoms with Crippen molar-refractivity contribution in [2.75, 3.05) is 18.0 Å². The van der Waals surface area contributed by atoms with E-state index in [0.717, 1.165) is 13.0 Å². The Morgan fingerprint density at radius 3 is 2.40 bits per heavy atom. The molecule has 0 radical (unpaired) electrons. The molecule has 0 fully saturated rings. The number of hydrogen-bond acceptors (Lipinski definition) is 2. The van der Waals surface area contributed by atoms with Crippen LogP contribution in [0.5, 0.6) is 0 Å². The number of anilines is 1. The fraction of sp³-hybridized carbons (Fsp3) is 0.444. The van der Waals surface area contributed by atoms with E-state index >= 15 is 0 Å². The molecule has 0 amide bonds. The smallest absolute Gasteiger partial charge is 0.0448 e. The van der Waals surface area contributed by atoms with Crippen LogP contribution in [0.25, 0.3) is 10.8 Å². The largest absolute Gasteiger partial charge is 0.367 e. The van der Waals surface area contributed by atoms with Crippen LogP contribution in [0.2, 0.25) is 0 Å². The summed E-state index contributed by atoms with van der Waals surface area (Å²) in [5.41, 5.74) is 7.37. The van der Waals surface area contributed by atoms with Crippen LogP contribution in [0.15, 0.2) is 42.5 Å². The van der Waals surface area contributed by atoms with E-state index < -0.39 is 0 Å². The Morgan fingerprint density at radius 2 is 1.75 bits per heavy atom. The molecule has 0 aliphatic rings. The van der Waals surface area contributed by atoms with Gasteiger partial charge in [-0.2, -0.15) is 0 Å². The van der Waals surface area contributed by atoms with E-state index in [1.165, 1.54) is 16.5 Å². The summed E-state index contributed by atoms with van der Waals surface area (Å²) in [5, 5.41) is 2.61. The molecule has 0 aromatic heterocycles. The number of hydrogen-bond donors (Lipinski definition) is 1. The zero-order valence-electron chi connectivity index (χ0n) is 12.8. The van der Waals surface area contributed by atoms with Crippen molar-refractivity contribution in [1.82, 2.24) is 0 Å². The first-order valence-electron chi connectivity index (χ1n) is 7.67. The van der Waals surface area contributed by atoms with Gasteiger partial charge in [0.1, 0.15) is 0 Å². The number of nitrogens with zero attached hydrogens (tertiary/aromatic N) is 1. The van der Waals surface area contributed by atoms with E-state index in [4.69, 9.17) is 5.73 Å². The number of benzene rings is 2. The van der Waals surface area contributed by atoms with E-state index in [1.54, 1.807) is 0 Å². The highest BCUT2D eigenvalue weighted by atomic mass is 15.2. The quantitative estimate of drug-likeness (QED) is 0.858. The minimum atomic E-state index is 0.399. The van der Waals surface area contributed by atoms with Crippen molar-refractivity contribution in [3.05, 3.63) is 42.5 Å². The number of likely N-dealkylation sites (N-methyl/N-ethyl adjacent to an activating group) is 1. The third-order valence-corrected chi connectivity index (χ3v) is 4.36. The van der Waals surface area contributed by atoms with Crippen LogP contribution in [0, 0.1) is 5.92 Å². The molecule has 0 saturated carbocycles. The van der Waals surface area contributed by atoms with Crippen LogP contribution in [0.1, 0.15) is 27.2 Å². The van der Waals surface area contributed by atoms with Crippen LogP contribution in [0.4, 0.5) is 5.69 Å². The van der Waals surface area contributed by atoms with Crippen molar-refractivity contribution in [3.8, 4) is 0 Å². The van der Waals surface area contributed by atoms with Crippen LogP contribution in [0.3, 0.4) is 0 Å². The first-order chi connectivity index (χ1) is 9.72. The first-order valence-corrected chi connectivity index (χ1v) is 7.67. The van der Waals surface area contributed by atoms with Gasteiger partial charge >= 0.3 is 0 Å². The Balaban J connectivity index is 2.48. The second-order valence-corrected chi connectivity index (χ2v) is 5.47. The summed E-state index contributed by atoms with van der Waals surface area (Å²) in [6.07, 6.45) is 1.16. The lowest BCUT2D eigenvalue weighted by Gasteiger charge is -2.36. The maximum atomic E-state index is 6.07. The molecule has 2 nitrogen and oxygen atoms in total. The number of fused-ring (bicyclic) bond motifs is 1. The summed E-state index contributed by atoms with van der Waals surface area (Å²) in [5.74, 6) is 0.596. The summed E-state index contributed by atoms with van der Waals surface area (Å²) in [7, 11) is 0. The lowest BCUT2D eigenvalue weighted by Crippen LogP contribution is -2.45. The van der Waals surface area contributed by atoms with E-state index in [2.05, 4.69) is 68.1 Å². The highest BCUT2D eigenvalue weighted by molar-refractivity contribution is 5.94. The van der Waals surface area contributed by atoms with Crippen molar-refractivity contribution >= 4 is 16.5 Å². The molecule has 0 bridgehead atoms. The zero-order valence-corrected chi connectivity index (χ0v) is 12.8. The lowest BCUT2D eigenvalue weighted by molar-refractivity contribution is 0.423. The van der Waals surface area contributed by atoms with E-state index in [-0.39, 0.29) is 0 Å². The Hall–Kier alpha value is -1.54. The van der Waals surface area contributed by atoms with Crippen LogP contribution in [-0.2, 0) is 0 Å². The molecule has 108 valence electrons. The monoisotopic (exact) mass is 270 g/mol. The molecule has 0 spiro atoms. The van der Waals surface area contributed by atoms with Gasteiger partial charge in [0.25, 0.3) is 0 Å². The highest BCUT2D eigenvalue weighted by Crippen LogP contribution is 2.30. The fourth-order valence-corrected chi connectivity index (χ4v) is 2.98. The summed E-state index contributed by atoms with van der Waals surface area (Å²) >= 11 is 0. The predicted octanol–water partition coefficient (Wildman–Crippen LogP) is 4.04. The van der Waals surface area contributed by atoms with Crippen molar-refractivity contribution < 1.29 is 0 Å². The summed E-state index contributed by atoms with van der Waals surface area (Å²) in [6, 6.07) is 15.5. The molecule has 2 aromatic carbocycles. The third-order valence-electron chi connectivity index (χ3n) is 4.36.